The van der Waals surface area contributed by atoms with Gasteiger partial charge in [0, 0.05) is 15.5 Å². The maximum absolute atomic E-state index is 12.8. The Hall–Kier alpha value is -0.790. The molecule has 0 heterocycles. The third-order valence-corrected chi connectivity index (χ3v) is 6.20. The number of benzene rings is 1. The number of hydrogen-bond acceptors (Lipinski definition) is 1. The molecular formula is C18H20Cl2O. The van der Waals surface area contributed by atoms with Crippen LogP contribution in [0.5, 0.6) is 0 Å². The molecule has 0 radical (unpaired) electrons. The summed E-state index contributed by atoms with van der Waals surface area (Å²) in [6.07, 6.45) is 3.08. The summed E-state index contributed by atoms with van der Waals surface area (Å²) in [6.45, 7) is 8.71. The molecule has 1 aromatic carbocycles. The van der Waals surface area contributed by atoms with Crippen molar-refractivity contribution in [1.82, 2.24) is 0 Å². The summed E-state index contributed by atoms with van der Waals surface area (Å²) in [7, 11) is 0. The lowest BCUT2D eigenvalue weighted by molar-refractivity contribution is -0.155. The zero-order valence-corrected chi connectivity index (χ0v) is 14.3. The average Bonchev–Trinajstić information content (AvgIpc) is 2.36. The van der Waals surface area contributed by atoms with Crippen molar-refractivity contribution < 1.29 is 4.79 Å². The van der Waals surface area contributed by atoms with Gasteiger partial charge in [-0.05, 0) is 53.0 Å². The number of carbonyl (C=O) groups is 1. The van der Waals surface area contributed by atoms with Crippen molar-refractivity contribution >= 4 is 35.1 Å². The van der Waals surface area contributed by atoms with Crippen LogP contribution in [0, 0.1) is 22.7 Å². The lowest BCUT2D eigenvalue weighted by Gasteiger charge is -2.63. The topological polar surface area (TPSA) is 17.1 Å². The number of ketones is 1. The van der Waals surface area contributed by atoms with E-state index in [-0.39, 0.29) is 16.6 Å². The number of halogens is 2. The van der Waals surface area contributed by atoms with Gasteiger partial charge in [0.05, 0.1) is 0 Å². The van der Waals surface area contributed by atoms with E-state index in [9.17, 15) is 4.79 Å². The molecule has 0 spiro atoms. The highest BCUT2D eigenvalue weighted by Crippen LogP contribution is 2.66. The molecule has 112 valence electrons. The smallest absolute Gasteiger partial charge is 0.165 e. The molecule has 0 unspecified atom stereocenters. The highest BCUT2D eigenvalue weighted by Gasteiger charge is 2.63. The van der Waals surface area contributed by atoms with Gasteiger partial charge in [0.2, 0.25) is 0 Å². The Bertz CT molecular complexity index is 655. The van der Waals surface area contributed by atoms with Crippen LogP contribution in [0.4, 0.5) is 0 Å². The zero-order valence-electron chi connectivity index (χ0n) is 12.8. The summed E-state index contributed by atoms with van der Waals surface area (Å²) in [5.74, 6) is 1.09. The van der Waals surface area contributed by atoms with Crippen molar-refractivity contribution in [3.63, 3.8) is 0 Å². The summed E-state index contributed by atoms with van der Waals surface area (Å²) in [5, 5.41) is 1.21. The number of hydrogen-bond donors (Lipinski definition) is 0. The van der Waals surface area contributed by atoms with Crippen molar-refractivity contribution in [3.05, 3.63) is 39.4 Å². The van der Waals surface area contributed by atoms with Gasteiger partial charge in [0.15, 0.2) is 5.78 Å². The van der Waals surface area contributed by atoms with Crippen molar-refractivity contribution in [2.24, 2.45) is 22.7 Å². The van der Waals surface area contributed by atoms with Gasteiger partial charge >= 0.3 is 0 Å². The Morgan fingerprint density at radius 1 is 1.19 bits per heavy atom. The van der Waals surface area contributed by atoms with E-state index in [1.807, 2.05) is 18.2 Å². The predicted molar refractivity (Wildman–Crippen MR) is 88.6 cm³/mol. The molecule has 21 heavy (non-hydrogen) atoms. The van der Waals surface area contributed by atoms with Crippen LogP contribution in [0.15, 0.2) is 23.8 Å². The van der Waals surface area contributed by atoms with E-state index in [2.05, 4.69) is 27.7 Å². The lowest BCUT2D eigenvalue weighted by atomic mass is 9.40. The molecule has 0 N–H and O–H groups in total. The average molecular weight is 323 g/mol. The first-order chi connectivity index (χ1) is 9.65. The monoisotopic (exact) mass is 322 g/mol. The molecule has 0 aromatic heterocycles. The van der Waals surface area contributed by atoms with Crippen LogP contribution in [-0.4, -0.2) is 5.78 Å². The SMILES string of the molecule is CC1(C)C(=O)/C(=C/c2ccc(Cl)cc2Cl)[C@@H]2C[C@H]1C2(C)C. The third kappa shape index (κ3) is 2.09. The van der Waals surface area contributed by atoms with E-state index in [4.69, 9.17) is 23.2 Å². The Morgan fingerprint density at radius 3 is 2.43 bits per heavy atom. The summed E-state index contributed by atoms with van der Waals surface area (Å²) in [4.78, 5) is 12.8. The predicted octanol–water partition coefficient (Wildman–Crippen LogP) is 5.65. The highest BCUT2D eigenvalue weighted by molar-refractivity contribution is 6.35. The second kappa shape index (κ2) is 4.60. The Morgan fingerprint density at radius 2 is 1.86 bits per heavy atom. The van der Waals surface area contributed by atoms with E-state index in [0.717, 1.165) is 17.6 Å². The lowest BCUT2D eigenvalue weighted by Crippen LogP contribution is -2.61. The minimum absolute atomic E-state index is 0.183. The normalized spacial score (nSPS) is 31.1. The number of carbonyl (C=O) groups excluding carboxylic acids is 1. The summed E-state index contributed by atoms with van der Waals surface area (Å²) >= 11 is 12.2. The first-order valence-electron chi connectivity index (χ1n) is 7.37. The summed E-state index contributed by atoms with van der Waals surface area (Å²) in [5.41, 5.74) is 1.70. The Labute approximate surface area is 136 Å². The van der Waals surface area contributed by atoms with Gasteiger partial charge in [-0.3, -0.25) is 4.79 Å². The standard InChI is InChI=1S/C18H20Cl2O/c1-17(2)13-9-15(17)18(3,4)16(21)12(13)7-10-5-6-11(19)8-14(10)20/h5-8,13,15H,9H2,1-4H3/b12-7+/t13-,15-/m0/s1. The van der Waals surface area contributed by atoms with Gasteiger partial charge in [-0.1, -0.05) is 57.0 Å². The van der Waals surface area contributed by atoms with Gasteiger partial charge < -0.3 is 0 Å². The fourth-order valence-electron chi connectivity index (χ4n) is 4.32. The molecule has 3 saturated carbocycles. The zero-order chi connectivity index (χ0) is 15.6. The van der Waals surface area contributed by atoms with E-state index in [0.29, 0.717) is 21.9 Å². The molecule has 2 bridgehead atoms. The fraction of sp³-hybridized carbons (Fsp3) is 0.500. The first-order valence-corrected chi connectivity index (χ1v) is 8.12. The molecule has 4 rings (SSSR count). The molecule has 3 fully saturated rings. The maximum atomic E-state index is 12.8. The number of Topliss-reactive ketones (excluding diaryl/α,β-unsaturated/α-hetero) is 1. The fourth-order valence-corrected chi connectivity index (χ4v) is 4.78. The largest absolute Gasteiger partial charge is 0.294 e. The molecule has 3 heteroatoms. The van der Waals surface area contributed by atoms with Gasteiger partial charge in [-0.2, -0.15) is 0 Å². The highest BCUT2D eigenvalue weighted by atomic mass is 35.5. The molecule has 0 aliphatic heterocycles. The van der Waals surface area contributed by atoms with Crippen LogP contribution in [0.3, 0.4) is 0 Å². The minimum Gasteiger partial charge on any atom is -0.294 e. The van der Waals surface area contributed by atoms with Crippen LogP contribution in [0.2, 0.25) is 10.0 Å². The van der Waals surface area contributed by atoms with Crippen LogP contribution in [0.1, 0.15) is 39.7 Å². The molecule has 0 saturated heterocycles. The van der Waals surface area contributed by atoms with Gasteiger partial charge in [0.25, 0.3) is 0 Å². The number of allylic oxidation sites excluding steroid dienone is 1. The van der Waals surface area contributed by atoms with Crippen molar-refractivity contribution in [1.29, 1.82) is 0 Å². The van der Waals surface area contributed by atoms with E-state index >= 15 is 0 Å². The van der Waals surface area contributed by atoms with Crippen molar-refractivity contribution in [2.75, 3.05) is 0 Å². The number of rotatable bonds is 1. The van der Waals surface area contributed by atoms with E-state index in [1.165, 1.54) is 0 Å². The Kier molecular flexibility index (Phi) is 3.31. The van der Waals surface area contributed by atoms with E-state index in [1.54, 1.807) is 6.07 Å². The van der Waals surface area contributed by atoms with Crippen molar-refractivity contribution in [2.45, 2.75) is 34.1 Å². The Balaban J connectivity index is 2.08. The molecular weight excluding hydrogens is 303 g/mol. The number of fused-ring (bicyclic) bond motifs is 2. The van der Waals surface area contributed by atoms with Crippen LogP contribution < -0.4 is 0 Å². The van der Waals surface area contributed by atoms with Crippen LogP contribution in [0.25, 0.3) is 6.08 Å². The molecule has 2 atom stereocenters. The second-order valence-electron chi connectivity index (χ2n) is 7.48. The summed E-state index contributed by atoms with van der Waals surface area (Å²) < 4.78 is 0. The first kappa shape index (κ1) is 15.1. The van der Waals surface area contributed by atoms with E-state index < -0.39 is 0 Å². The maximum Gasteiger partial charge on any atom is 0.165 e. The van der Waals surface area contributed by atoms with Crippen LogP contribution in [-0.2, 0) is 4.79 Å². The van der Waals surface area contributed by atoms with Gasteiger partial charge in [0.1, 0.15) is 0 Å². The third-order valence-electron chi connectivity index (χ3n) is 5.64. The molecule has 3 aliphatic carbocycles. The summed E-state index contributed by atoms with van der Waals surface area (Å²) in [6, 6.07) is 5.42. The second-order valence-corrected chi connectivity index (χ2v) is 8.32. The molecule has 1 nitrogen and oxygen atoms in total. The molecule has 0 amide bonds. The quantitative estimate of drug-likeness (QED) is 0.611. The molecule has 1 aromatic rings. The van der Waals surface area contributed by atoms with Gasteiger partial charge in [-0.25, -0.2) is 0 Å². The minimum atomic E-state index is -0.289. The van der Waals surface area contributed by atoms with Crippen molar-refractivity contribution in [3.8, 4) is 0 Å². The van der Waals surface area contributed by atoms with Gasteiger partial charge in [-0.15, -0.1) is 0 Å². The molecule has 3 aliphatic rings. The van der Waals surface area contributed by atoms with Crippen LogP contribution >= 0.6 is 23.2 Å².